The number of hydrogen-bond acceptors (Lipinski definition) is 5. The number of nitrogens with zero attached hydrogens (tertiary/aromatic N) is 4. The molecule has 1 unspecified atom stereocenters. The minimum Gasteiger partial charge on any atom is -0.336 e. The molecule has 6 nitrogen and oxygen atoms in total. The Hall–Kier alpha value is -3.58. The second kappa shape index (κ2) is 9.50. The van der Waals surface area contributed by atoms with Gasteiger partial charge in [0.25, 0.3) is 0 Å². The van der Waals surface area contributed by atoms with E-state index in [1.165, 1.54) is 11.3 Å². The quantitative estimate of drug-likeness (QED) is 0.416. The Morgan fingerprint density at radius 3 is 2.61 bits per heavy atom. The van der Waals surface area contributed by atoms with Crippen LogP contribution < -0.4 is 4.90 Å². The monoisotopic (exact) mass is 456 g/mol. The van der Waals surface area contributed by atoms with Crippen LogP contribution in [0.3, 0.4) is 0 Å². The molecule has 1 fully saturated rings. The molecule has 3 heterocycles. The fourth-order valence-corrected chi connectivity index (χ4v) is 5.16. The molecular weight excluding hydrogens is 432 g/mol. The van der Waals surface area contributed by atoms with Gasteiger partial charge in [0.05, 0.1) is 28.4 Å². The van der Waals surface area contributed by atoms with Crippen LogP contribution in [0.25, 0.3) is 10.2 Å². The smallest absolute Gasteiger partial charge is 0.234 e. The summed E-state index contributed by atoms with van der Waals surface area (Å²) in [5.74, 6) is -0.433. The average molecular weight is 457 g/mol. The summed E-state index contributed by atoms with van der Waals surface area (Å²) >= 11 is 1.52. The van der Waals surface area contributed by atoms with Crippen molar-refractivity contribution in [2.75, 3.05) is 18.0 Å². The normalized spacial score (nSPS) is 15.8. The van der Waals surface area contributed by atoms with Gasteiger partial charge in [-0.3, -0.25) is 19.5 Å². The predicted octanol–water partition coefficient (Wildman–Crippen LogP) is 4.32. The van der Waals surface area contributed by atoms with Gasteiger partial charge in [0.1, 0.15) is 0 Å². The van der Waals surface area contributed by atoms with Gasteiger partial charge in [0, 0.05) is 25.7 Å². The Morgan fingerprint density at radius 2 is 1.82 bits per heavy atom. The molecule has 0 bridgehead atoms. The molecule has 0 saturated carbocycles. The van der Waals surface area contributed by atoms with Gasteiger partial charge in [-0.1, -0.05) is 59.9 Å². The van der Waals surface area contributed by atoms with Gasteiger partial charge >= 0.3 is 0 Å². The van der Waals surface area contributed by atoms with Gasteiger partial charge < -0.3 is 4.90 Å². The van der Waals surface area contributed by atoms with E-state index in [1.807, 2.05) is 60.7 Å². The highest BCUT2D eigenvalue weighted by Gasteiger charge is 2.37. The molecular formula is C26H24N4O2S. The molecule has 0 radical (unpaired) electrons. The number of likely N-dealkylation sites (tertiary alicyclic amines) is 1. The van der Waals surface area contributed by atoms with Crippen LogP contribution in [-0.4, -0.2) is 39.8 Å². The van der Waals surface area contributed by atoms with Crippen LogP contribution in [0.2, 0.25) is 0 Å². The van der Waals surface area contributed by atoms with Gasteiger partial charge in [0.15, 0.2) is 5.13 Å². The predicted molar refractivity (Wildman–Crippen MR) is 130 cm³/mol. The lowest BCUT2D eigenvalue weighted by molar-refractivity contribution is -0.129. The van der Waals surface area contributed by atoms with Crippen LogP contribution in [0, 0.1) is 5.92 Å². The minimum atomic E-state index is -0.385. The third-order valence-corrected chi connectivity index (χ3v) is 6.95. The number of hydrogen-bond donors (Lipinski definition) is 0. The van der Waals surface area contributed by atoms with Crippen molar-refractivity contribution >= 4 is 38.5 Å². The highest BCUT2D eigenvalue weighted by molar-refractivity contribution is 7.22. The van der Waals surface area contributed by atoms with Gasteiger partial charge in [-0.15, -0.1) is 0 Å². The number of aromatic nitrogens is 2. The zero-order valence-corrected chi connectivity index (χ0v) is 18.9. The van der Waals surface area contributed by atoms with E-state index in [0.29, 0.717) is 24.8 Å². The first kappa shape index (κ1) is 21.3. The third kappa shape index (κ3) is 4.78. The molecule has 166 valence electrons. The highest BCUT2D eigenvalue weighted by Crippen LogP contribution is 2.31. The molecule has 1 aliphatic rings. The standard InChI is InChI=1S/C26H24N4O2S/c31-24-16-20(17-29(24)18-21-10-6-7-14-27-21)25(32)30(15-13-19-8-2-1-3-9-19)26-28-22-11-4-5-12-23(22)33-26/h1-12,14,20H,13,15-18H2. The van der Waals surface area contributed by atoms with Crippen LogP contribution >= 0.6 is 11.3 Å². The van der Waals surface area contributed by atoms with Crippen molar-refractivity contribution in [3.05, 3.63) is 90.3 Å². The molecule has 2 aromatic heterocycles. The van der Waals surface area contributed by atoms with Crippen molar-refractivity contribution in [2.45, 2.75) is 19.4 Å². The molecule has 1 aliphatic heterocycles. The molecule has 4 aromatic rings. The van der Waals surface area contributed by atoms with E-state index in [4.69, 9.17) is 4.98 Å². The van der Waals surface area contributed by atoms with Crippen molar-refractivity contribution in [2.24, 2.45) is 5.92 Å². The van der Waals surface area contributed by atoms with Crippen molar-refractivity contribution < 1.29 is 9.59 Å². The number of amides is 2. The molecule has 1 saturated heterocycles. The number of fused-ring (bicyclic) bond motifs is 1. The number of pyridine rings is 1. The summed E-state index contributed by atoms with van der Waals surface area (Å²) in [6, 6.07) is 23.7. The van der Waals surface area contributed by atoms with Crippen LogP contribution in [0.15, 0.2) is 79.0 Å². The maximum Gasteiger partial charge on any atom is 0.234 e. The van der Waals surface area contributed by atoms with E-state index >= 15 is 0 Å². The first-order valence-electron chi connectivity index (χ1n) is 11.1. The van der Waals surface area contributed by atoms with Crippen LogP contribution in [0.4, 0.5) is 5.13 Å². The fraction of sp³-hybridized carbons (Fsp3) is 0.231. The molecule has 7 heteroatoms. The Kier molecular flexibility index (Phi) is 6.13. The van der Waals surface area contributed by atoms with E-state index in [0.717, 1.165) is 27.9 Å². The minimum absolute atomic E-state index is 0.00804. The Balaban J connectivity index is 1.37. The molecule has 1 atom stereocenters. The molecule has 2 amide bonds. The van der Waals surface area contributed by atoms with Crippen LogP contribution in [-0.2, 0) is 22.6 Å². The Morgan fingerprint density at radius 1 is 1.03 bits per heavy atom. The topological polar surface area (TPSA) is 66.4 Å². The summed E-state index contributed by atoms with van der Waals surface area (Å²) in [4.78, 5) is 38.9. The SMILES string of the molecule is O=C1CC(C(=O)N(CCc2ccccc2)c2nc3ccccc3s2)CN1Cc1ccccn1. The number of para-hydroxylation sites is 1. The Bertz CT molecular complexity index is 1230. The van der Waals surface area contributed by atoms with Crippen molar-refractivity contribution in [3.63, 3.8) is 0 Å². The van der Waals surface area contributed by atoms with Crippen LogP contribution in [0.1, 0.15) is 17.7 Å². The summed E-state index contributed by atoms with van der Waals surface area (Å²) in [5.41, 5.74) is 2.87. The van der Waals surface area contributed by atoms with Gasteiger partial charge in [-0.2, -0.15) is 0 Å². The lowest BCUT2D eigenvalue weighted by Crippen LogP contribution is -2.39. The zero-order chi connectivity index (χ0) is 22.6. The van der Waals surface area contributed by atoms with Crippen molar-refractivity contribution in [1.82, 2.24) is 14.9 Å². The summed E-state index contributed by atoms with van der Waals surface area (Å²) in [5, 5.41) is 0.688. The van der Waals surface area contributed by atoms with E-state index in [1.54, 1.807) is 16.0 Å². The highest BCUT2D eigenvalue weighted by atomic mass is 32.1. The van der Waals surface area contributed by atoms with Gasteiger partial charge in [0.2, 0.25) is 11.8 Å². The molecule has 0 aliphatic carbocycles. The molecule has 5 rings (SSSR count). The van der Waals surface area contributed by atoms with Crippen molar-refractivity contribution in [1.29, 1.82) is 0 Å². The van der Waals surface area contributed by atoms with Crippen molar-refractivity contribution in [3.8, 4) is 0 Å². The largest absolute Gasteiger partial charge is 0.336 e. The maximum atomic E-state index is 13.7. The number of benzene rings is 2. The lowest BCUT2D eigenvalue weighted by atomic mass is 10.1. The van der Waals surface area contributed by atoms with Gasteiger partial charge in [-0.05, 0) is 36.2 Å². The summed E-state index contributed by atoms with van der Waals surface area (Å²) in [6.07, 6.45) is 2.66. The lowest BCUT2D eigenvalue weighted by Gasteiger charge is -2.23. The summed E-state index contributed by atoms with van der Waals surface area (Å²) in [7, 11) is 0. The second-order valence-corrected chi connectivity index (χ2v) is 9.20. The number of anilines is 1. The maximum absolute atomic E-state index is 13.7. The second-order valence-electron chi connectivity index (χ2n) is 8.19. The zero-order valence-electron chi connectivity index (χ0n) is 18.1. The Labute approximate surface area is 196 Å². The summed E-state index contributed by atoms with van der Waals surface area (Å²) < 4.78 is 1.05. The number of thiazole rings is 1. The molecule has 0 spiro atoms. The summed E-state index contributed by atoms with van der Waals surface area (Å²) in [6.45, 7) is 1.35. The van der Waals surface area contributed by atoms with E-state index in [9.17, 15) is 9.59 Å². The van der Waals surface area contributed by atoms with Gasteiger partial charge in [-0.25, -0.2) is 4.98 Å². The first-order valence-corrected chi connectivity index (χ1v) is 11.9. The first-order chi connectivity index (χ1) is 16.2. The van der Waals surface area contributed by atoms with E-state index in [-0.39, 0.29) is 24.2 Å². The third-order valence-electron chi connectivity index (χ3n) is 5.89. The number of rotatable bonds is 7. The van der Waals surface area contributed by atoms with E-state index in [2.05, 4.69) is 17.1 Å². The number of carbonyl (C=O) groups is 2. The van der Waals surface area contributed by atoms with E-state index < -0.39 is 0 Å². The molecule has 33 heavy (non-hydrogen) atoms. The number of carbonyl (C=O) groups excluding carboxylic acids is 2. The molecule has 2 aromatic carbocycles. The fourth-order valence-electron chi connectivity index (χ4n) is 4.16. The molecule has 0 N–H and O–H groups in total. The average Bonchev–Trinajstić information content (AvgIpc) is 3.44. The van der Waals surface area contributed by atoms with Crippen LogP contribution in [0.5, 0.6) is 0 Å².